The summed E-state index contributed by atoms with van der Waals surface area (Å²) in [5.41, 5.74) is 2.90. The molecule has 1 fully saturated rings. The van der Waals surface area contributed by atoms with E-state index in [0.717, 1.165) is 41.0 Å². The van der Waals surface area contributed by atoms with Gasteiger partial charge in [-0.2, -0.15) is 0 Å². The van der Waals surface area contributed by atoms with Gasteiger partial charge in [-0.3, -0.25) is 11.3 Å². The van der Waals surface area contributed by atoms with Gasteiger partial charge in [-0.1, -0.05) is 0 Å². The van der Waals surface area contributed by atoms with Gasteiger partial charge in [0.25, 0.3) is 0 Å². The first-order valence-corrected chi connectivity index (χ1v) is 7.32. The molecule has 2 heterocycles. The van der Waals surface area contributed by atoms with Crippen molar-refractivity contribution in [2.45, 2.75) is 18.9 Å². The van der Waals surface area contributed by atoms with E-state index >= 15 is 0 Å². The second kappa shape index (κ2) is 5.54. The molecule has 102 valence electrons. The van der Waals surface area contributed by atoms with E-state index in [1.54, 1.807) is 17.4 Å². The molecule has 3 N–H and O–H groups in total. The number of hydrogen-bond donors (Lipinski definition) is 2. The van der Waals surface area contributed by atoms with Gasteiger partial charge in [0.15, 0.2) is 0 Å². The molecule has 0 amide bonds. The summed E-state index contributed by atoms with van der Waals surface area (Å²) in [5.74, 6) is 5.90. The van der Waals surface area contributed by atoms with Crippen molar-refractivity contribution in [2.24, 2.45) is 11.8 Å². The van der Waals surface area contributed by atoms with Crippen molar-refractivity contribution in [3.8, 4) is 0 Å². The molecule has 3 rings (SSSR count). The third-order valence-electron chi connectivity index (χ3n) is 3.65. The zero-order valence-electron chi connectivity index (χ0n) is 10.6. The highest BCUT2D eigenvalue weighted by Gasteiger charge is 2.26. The third-order valence-corrected chi connectivity index (χ3v) is 4.85. The van der Waals surface area contributed by atoms with Crippen molar-refractivity contribution in [2.75, 3.05) is 13.2 Å². The lowest BCUT2D eigenvalue weighted by Gasteiger charge is -2.29. The van der Waals surface area contributed by atoms with E-state index in [0.29, 0.717) is 5.92 Å². The number of rotatable bonds is 3. The molecule has 5 heteroatoms. The molecule has 0 aliphatic carbocycles. The number of fused-ring (bicyclic) bond motifs is 1. The van der Waals surface area contributed by atoms with Crippen LogP contribution in [0.4, 0.5) is 4.39 Å². The predicted octanol–water partition coefficient (Wildman–Crippen LogP) is 2.97. The minimum atomic E-state index is -0.199. The molecule has 1 saturated heterocycles. The number of halogens is 1. The Morgan fingerprint density at radius 3 is 3.05 bits per heavy atom. The molecule has 0 spiro atoms. The summed E-state index contributed by atoms with van der Waals surface area (Å²) in [7, 11) is 0. The van der Waals surface area contributed by atoms with E-state index in [2.05, 4.69) is 5.43 Å². The van der Waals surface area contributed by atoms with Gasteiger partial charge in [-0.05, 0) is 42.5 Å². The molecule has 2 atom stereocenters. The van der Waals surface area contributed by atoms with Crippen LogP contribution in [-0.4, -0.2) is 13.2 Å². The molecule has 2 unspecified atom stereocenters. The van der Waals surface area contributed by atoms with Crippen LogP contribution in [0.1, 0.15) is 23.8 Å². The topological polar surface area (TPSA) is 47.3 Å². The summed E-state index contributed by atoms with van der Waals surface area (Å²) in [5, 5.41) is 0.942. The van der Waals surface area contributed by atoms with E-state index in [1.165, 1.54) is 6.07 Å². The van der Waals surface area contributed by atoms with Crippen molar-refractivity contribution in [1.29, 1.82) is 0 Å². The monoisotopic (exact) mass is 280 g/mol. The third kappa shape index (κ3) is 2.65. The normalized spacial score (nSPS) is 21.7. The molecule has 2 aromatic rings. The Morgan fingerprint density at radius 2 is 2.32 bits per heavy atom. The van der Waals surface area contributed by atoms with E-state index in [-0.39, 0.29) is 11.9 Å². The fraction of sp³-hybridized carbons (Fsp3) is 0.429. The van der Waals surface area contributed by atoms with Gasteiger partial charge in [0, 0.05) is 22.1 Å². The Morgan fingerprint density at radius 1 is 1.42 bits per heavy atom. The number of nitrogens with two attached hydrogens (primary N) is 1. The number of benzene rings is 1. The van der Waals surface area contributed by atoms with Gasteiger partial charge in [-0.25, -0.2) is 4.39 Å². The molecular formula is C14H17FN2OS. The average molecular weight is 280 g/mol. The molecule has 1 aromatic carbocycles. The Bertz CT molecular complexity index is 566. The van der Waals surface area contributed by atoms with Crippen LogP contribution in [-0.2, 0) is 4.74 Å². The van der Waals surface area contributed by atoms with Crippen LogP contribution in [0.25, 0.3) is 10.1 Å². The van der Waals surface area contributed by atoms with Crippen LogP contribution in [0.3, 0.4) is 0 Å². The first kappa shape index (κ1) is 13.0. The smallest absolute Gasteiger partial charge is 0.123 e. The SMILES string of the molecule is NNC(c1cc2cc(F)ccc2s1)C1CCCOC1. The maximum atomic E-state index is 13.2. The first-order valence-electron chi connectivity index (χ1n) is 6.51. The molecule has 1 aliphatic heterocycles. The number of ether oxygens (including phenoxy) is 1. The van der Waals surface area contributed by atoms with Gasteiger partial charge in [0.05, 0.1) is 12.6 Å². The maximum Gasteiger partial charge on any atom is 0.123 e. The number of thiophene rings is 1. The highest BCUT2D eigenvalue weighted by molar-refractivity contribution is 7.19. The number of hydrogen-bond acceptors (Lipinski definition) is 4. The highest BCUT2D eigenvalue weighted by Crippen LogP contribution is 2.35. The summed E-state index contributed by atoms with van der Waals surface area (Å²) < 4.78 is 19.8. The molecule has 1 aromatic heterocycles. The Kier molecular flexibility index (Phi) is 3.79. The Labute approximate surface area is 115 Å². The lowest BCUT2D eigenvalue weighted by Crippen LogP contribution is -2.36. The summed E-state index contributed by atoms with van der Waals surface area (Å²) >= 11 is 1.67. The standard InChI is InChI=1S/C14H17FN2OS/c15-11-3-4-12-10(6-11)7-13(19-12)14(17-16)9-2-1-5-18-8-9/h3-4,6-7,9,14,17H,1-2,5,8,16H2. The average Bonchev–Trinajstić information content (AvgIpc) is 2.83. The zero-order valence-corrected chi connectivity index (χ0v) is 11.4. The highest BCUT2D eigenvalue weighted by atomic mass is 32.1. The Hall–Kier alpha value is -1.01. The van der Waals surface area contributed by atoms with Gasteiger partial charge < -0.3 is 4.74 Å². The zero-order chi connectivity index (χ0) is 13.2. The summed E-state index contributed by atoms with van der Waals surface area (Å²) in [4.78, 5) is 1.15. The van der Waals surface area contributed by atoms with E-state index in [4.69, 9.17) is 10.6 Å². The fourth-order valence-corrected chi connectivity index (χ4v) is 3.87. The minimum Gasteiger partial charge on any atom is -0.381 e. The van der Waals surface area contributed by atoms with Gasteiger partial charge >= 0.3 is 0 Å². The molecular weight excluding hydrogens is 263 g/mol. The molecule has 0 bridgehead atoms. The summed E-state index contributed by atoms with van der Waals surface area (Å²) in [6.45, 7) is 1.57. The van der Waals surface area contributed by atoms with Crippen molar-refractivity contribution < 1.29 is 9.13 Å². The number of hydrazine groups is 1. The van der Waals surface area contributed by atoms with Crippen LogP contribution >= 0.6 is 11.3 Å². The molecule has 19 heavy (non-hydrogen) atoms. The predicted molar refractivity (Wildman–Crippen MR) is 75.4 cm³/mol. The van der Waals surface area contributed by atoms with Crippen LogP contribution < -0.4 is 11.3 Å². The minimum absolute atomic E-state index is 0.0840. The first-order chi connectivity index (χ1) is 9.28. The largest absolute Gasteiger partial charge is 0.381 e. The summed E-state index contributed by atoms with van der Waals surface area (Å²) in [6, 6.07) is 7.00. The molecule has 3 nitrogen and oxygen atoms in total. The van der Waals surface area contributed by atoms with Crippen molar-refractivity contribution >= 4 is 21.4 Å². The van der Waals surface area contributed by atoms with E-state index in [1.807, 2.05) is 12.1 Å². The van der Waals surface area contributed by atoms with Crippen LogP contribution in [0.15, 0.2) is 24.3 Å². The van der Waals surface area contributed by atoms with Crippen LogP contribution in [0, 0.1) is 11.7 Å². The molecule has 0 radical (unpaired) electrons. The van der Waals surface area contributed by atoms with Crippen LogP contribution in [0.5, 0.6) is 0 Å². The van der Waals surface area contributed by atoms with Crippen molar-refractivity contribution in [1.82, 2.24) is 5.43 Å². The maximum absolute atomic E-state index is 13.2. The van der Waals surface area contributed by atoms with Gasteiger partial charge in [0.2, 0.25) is 0 Å². The second-order valence-corrected chi connectivity index (χ2v) is 6.07. The fourth-order valence-electron chi connectivity index (χ4n) is 2.67. The number of nitrogens with one attached hydrogen (secondary N) is 1. The lowest BCUT2D eigenvalue weighted by molar-refractivity contribution is 0.0395. The molecule has 0 saturated carbocycles. The van der Waals surface area contributed by atoms with E-state index < -0.39 is 0 Å². The Balaban J connectivity index is 1.91. The van der Waals surface area contributed by atoms with E-state index in [9.17, 15) is 4.39 Å². The molecule has 1 aliphatic rings. The van der Waals surface area contributed by atoms with Crippen molar-refractivity contribution in [3.63, 3.8) is 0 Å². The van der Waals surface area contributed by atoms with Crippen LogP contribution in [0.2, 0.25) is 0 Å². The summed E-state index contributed by atoms with van der Waals surface area (Å²) in [6.07, 6.45) is 2.18. The van der Waals surface area contributed by atoms with Gasteiger partial charge in [0.1, 0.15) is 5.82 Å². The second-order valence-electron chi connectivity index (χ2n) is 4.95. The van der Waals surface area contributed by atoms with Gasteiger partial charge in [-0.15, -0.1) is 11.3 Å². The lowest BCUT2D eigenvalue weighted by atomic mass is 9.93. The van der Waals surface area contributed by atoms with Crippen molar-refractivity contribution in [3.05, 3.63) is 35.0 Å². The quantitative estimate of drug-likeness (QED) is 0.671.